The quantitative estimate of drug-likeness (QED) is 0.607. The van der Waals surface area contributed by atoms with E-state index in [4.69, 9.17) is 9.47 Å². The fourth-order valence-corrected chi connectivity index (χ4v) is 0.962. The van der Waals surface area contributed by atoms with Crippen LogP contribution in [0.3, 0.4) is 0 Å². The van der Waals surface area contributed by atoms with Crippen molar-refractivity contribution in [1.29, 1.82) is 0 Å². The summed E-state index contributed by atoms with van der Waals surface area (Å²) in [6.45, 7) is 2.34. The van der Waals surface area contributed by atoms with Crippen molar-refractivity contribution in [2.24, 2.45) is 0 Å². The van der Waals surface area contributed by atoms with Crippen LogP contribution in [0.25, 0.3) is 0 Å². The van der Waals surface area contributed by atoms with Crippen molar-refractivity contribution in [3.05, 3.63) is 12.2 Å². The molecule has 0 fully saturated rings. The molecule has 1 aliphatic rings. The molecule has 4 nitrogen and oxygen atoms in total. The summed E-state index contributed by atoms with van der Waals surface area (Å²) in [7, 11) is 0. The van der Waals surface area contributed by atoms with Crippen LogP contribution in [0.5, 0.6) is 0 Å². The fourth-order valence-electron chi connectivity index (χ4n) is 0.962. The van der Waals surface area contributed by atoms with Crippen molar-refractivity contribution in [2.75, 3.05) is 6.61 Å². The maximum atomic E-state index is 11.0. The first-order chi connectivity index (χ1) is 6.22. The minimum atomic E-state index is -0.433. The highest BCUT2D eigenvalue weighted by Crippen LogP contribution is 2.09. The standard InChI is InChI=1S/C9H12O4/c1-2-5-12-9(11)6-7-3-4-8(10)13-7/h3-4,7H,2,5-6H2,1H3/t7-/m0/s1. The molecule has 1 aliphatic heterocycles. The second-order valence-electron chi connectivity index (χ2n) is 2.76. The van der Waals surface area contributed by atoms with Crippen LogP contribution in [0.1, 0.15) is 19.8 Å². The molecule has 0 radical (unpaired) electrons. The molecule has 0 spiro atoms. The molecule has 0 amide bonds. The summed E-state index contributed by atoms with van der Waals surface area (Å²) in [5.74, 6) is -0.723. The Labute approximate surface area is 76.5 Å². The molecule has 0 aromatic heterocycles. The van der Waals surface area contributed by atoms with Gasteiger partial charge in [-0.1, -0.05) is 6.92 Å². The molecule has 1 atom stereocenters. The zero-order valence-corrected chi connectivity index (χ0v) is 7.49. The number of hydrogen-bond donors (Lipinski definition) is 0. The van der Waals surface area contributed by atoms with Crippen molar-refractivity contribution >= 4 is 11.9 Å². The average molecular weight is 184 g/mol. The molecule has 1 heterocycles. The Balaban J connectivity index is 2.21. The molecule has 72 valence electrons. The summed E-state index contributed by atoms with van der Waals surface area (Å²) in [5, 5.41) is 0. The molecule has 13 heavy (non-hydrogen) atoms. The molecule has 4 heteroatoms. The molecular weight excluding hydrogens is 172 g/mol. The van der Waals surface area contributed by atoms with Gasteiger partial charge in [-0.15, -0.1) is 0 Å². The third-order valence-electron chi connectivity index (χ3n) is 1.55. The Morgan fingerprint density at radius 2 is 2.46 bits per heavy atom. The van der Waals surface area contributed by atoms with Gasteiger partial charge in [0.15, 0.2) is 0 Å². The van der Waals surface area contributed by atoms with E-state index in [-0.39, 0.29) is 12.4 Å². The van der Waals surface area contributed by atoms with Crippen LogP contribution in [0.4, 0.5) is 0 Å². The number of ether oxygens (including phenoxy) is 2. The van der Waals surface area contributed by atoms with Crippen LogP contribution in [0.15, 0.2) is 12.2 Å². The Bertz CT molecular complexity index is 232. The molecule has 0 saturated carbocycles. The lowest BCUT2D eigenvalue weighted by Gasteiger charge is -2.07. The van der Waals surface area contributed by atoms with Gasteiger partial charge < -0.3 is 9.47 Å². The first kappa shape index (κ1) is 9.77. The molecule has 1 rings (SSSR count). The highest BCUT2D eigenvalue weighted by Gasteiger charge is 2.20. The zero-order chi connectivity index (χ0) is 9.68. The smallest absolute Gasteiger partial charge is 0.331 e. The normalized spacial score (nSPS) is 20.1. The summed E-state index contributed by atoms with van der Waals surface area (Å²) < 4.78 is 9.59. The van der Waals surface area contributed by atoms with E-state index in [0.29, 0.717) is 6.61 Å². The molecule has 0 bridgehead atoms. The number of carbonyl (C=O) groups excluding carboxylic acids is 2. The van der Waals surface area contributed by atoms with Crippen molar-refractivity contribution in [2.45, 2.75) is 25.9 Å². The minimum absolute atomic E-state index is 0.113. The lowest BCUT2D eigenvalue weighted by atomic mass is 10.2. The van der Waals surface area contributed by atoms with Gasteiger partial charge >= 0.3 is 11.9 Å². The topological polar surface area (TPSA) is 52.6 Å². The predicted octanol–water partition coefficient (Wildman–Crippen LogP) is 0.811. The van der Waals surface area contributed by atoms with Gasteiger partial charge in [-0.05, 0) is 12.5 Å². The fraction of sp³-hybridized carbons (Fsp3) is 0.556. The van der Waals surface area contributed by atoms with E-state index in [1.165, 1.54) is 6.08 Å². The molecule has 0 N–H and O–H groups in total. The van der Waals surface area contributed by atoms with E-state index >= 15 is 0 Å². The molecule has 0 aromatic carbocycles. The van der Waals surface area contributed by atoms with Crippen molar-refractivity contribution < 1.29 is 19.1 Å². The van der Waals surface area contributed by atoms with Gasteiger partial charge in [0.1, 0.15) is 6.10 Å². The zero-order valence-electron chi connectivity index (χ0n) is 7.49. The Kier molecular flexibility index (Phi) is 3.49. The van der Waals surface area contributed by atoms with E-state index in [1.54, 1.807) is 6.08 Å². The predicted molar refractivity (Wildman–Crippen MR) is 44.9 cm³/mol. The molecule has 0 aliphatic carbocycles. The average Bonchev–Trinajstić information content (AvgIpc) is 2.48. The monoisotopic (exact) mass is 184 g/mol. The van der Waals surface area contributed by atoms with Gasteiger partial charge in [0, 0.05) is 6.08 Å². The molecule has 0 aromatic rings. The first-order valence-corrected chi connectivity index (χ1v) is 4.27. The lowest BCUT2D eigenvalue weighted by Crippen LogP contribution is -2.16. The van der Waals surface area contributed by atoms with Crippen molar-refractivity contribution in [3.63, 3.8) is 0 Å². The van der Waals surface area contributed by atoms with E-state index in [9.17, 15) is 9.59 Å². The van der Waals surface area contributed by atoms with Crippen LogP contribution in [0.2, 0.25) is 0 Å². The molecular formula is C9H12O4. The van der Waals surface area contributed by atoms with Gasteiger partial charge in [0.2, 0.25) is 0 Å². The third kappa shape index (κ3) is 3.27. The highest BCUT2D eigenvalue weighted by molar-refractivity contribution is 5.85. The van der Waals surface area contributed by atoms with Crippen molar-refractivity contribution in [1.82, 2.24) is 0 Å². The van der Waals surface area contributed by atoms with E-state index in [2.05, 4.69) is 0 Å². The SMILES string of the molecule is CCCOC(=O)C[C@@H]1C=CC(=O)O1. The first-order valence-electron chi connectivity index (χ1n) is 4.27. The number of hydrogen-bond acceptors (Lipinski definition) is 4. The summed E-state index contributed by atoms with van der Waals surface area (Å²) in [4.78, 5) is 21.6. The number of esters is 2. The summed E-state index contributed by atoms with van der Waals surface area (Å²) in [5.41, 5.74) is 0. The van der Waals surface area contributed by atoms with Gasteiger partial charge in [0.25, 0.3) is 0 Å². The van der Waals surface area contributed by atoms with Gasteiger partial charge in [-0.25, -0.2) is 4.79 Å². The lowest BCUT2D eigenvalue weighted by molar-refractivity contribution is -0.148. The summed E-state index contributed by atoms with van der Waals surface area (Å²) >= 11 is 0. The van der Waals surface area contributed by atoms with Crippen LogP contribution >= 0.6 is 0 Å². The Morgan fingerprint density at radius 1 is 1.69 bits per heavy atom. The van der Waals surface area contributed by atoms with E-state index in [1.807, 2.05) is 6.92 Å². The summed E-state index contributed by atoms with van der Waals surface area (Å²) in [6.07, 6.45) is 3.36. The third-order valence-corrected chi connectivity index (χ3v) is 1.55. The maximum Gasteiger partial charge on any atom is 0.331 e. The van der Waals surface area contributed by atoms with Crippen molar-refractivity contribution in [3.8, 4) is 0 Å². The van der Waals surface area contributed by atoms with Crippen LogP contribution < -0.4 is 0 Å². The van der Waals surface area contributed by atoms with Gasteiger partial charge in [-0.3, -0.25) is 4.79 Å². The Morgan fingerprint density at radius 3 is 3.00 bits per heavy atom. The van der Waals surface area contributed by atoms with Gasteiger partial charge in [-0.2, -0.15) is 0 Å². The summed E-state index contributed by atoms with van der Waals surface area (Å²) in [6, 6.07) is 0. The van der Waals surface area contributed by atoms with E-state index in [0.717, 1.165) is 6.42 Å². The van der Waals surface area contributed by atoms with E-state index < -0.39 is 12.1 Å². The second-order valence-corrected chi connectivity index (χ2v) is 2.76. The van der Waals surface area contributed by atoms with Crippen LogP contribution in [-0.2, 0) is 19.1 Å². The largest absolute Gasteiger partial charge is 0.466 e. The minimum Gasteiger partial charge on any atom is -0.466 e. The number of carbonyl (C=O) groups is 2. The second kappa shape index (κ2) is 4.64. The Hall–Kier alpha value is -1.32. The van der Waals surface area contributed by atoms with Crippen LogP contribution in [-0.4, -0.2) is 24.6 Å². The number of rotatable bonds is 4. The molecule has 0 unspecified atom stereocenters. The highest BCUT2D eigenvalue weighted by atomic mass is 16.6. The maximum absolute atomic E-state index is 11.0. The number of cyclic esters (lactones) is 1. The van der Waals surface area contributed by atoms with Crippen LogP contribution in [0, 0.1) is 0 Å². The molecule has 0 saturated heterocycles. The van der Waals surface area contributed by atoms with Gasteiger partial charge in [0.05, 0.1) is 13.0 Å².